The van der Waals surface area contributed by atoms with Gasteiger partial charge in [0.1, 0.15) is 5.58 Å². The molecule has 1 fully saturated rings. The smallest absolute Gasteiger partial charge is 0.297 e. The topological polar surface area (TPSA) is 19.6 Å². The quantitative estimate of drug-likeness (QED) is 0.164. The van der Waals surface area contributed by atoms with Gasteiger partial charge in [-0.15, -0.1) is 0 Å². The molecular formula is C75H89BN2O. The summed E-state index contributed by atoms with van der Waals surface area (Å²) >= 11 is 0. The van der Waals surface area contributed by atoms with Crippen LogP contribution in [-0.4, -0.2) is 6.71 Å². The normalized spacial score (nSPS) is 24.7. The van der Waals surface area contributed by atoms with Crippen LogP contribution in [0.4, 0.5) is 34.1 Å². The first-order valence-corrected chi connectivity index (χ1v) is 30.8. The number of benzene rings is 6. The van der Waals surface area contributed by atoms with Crippen LogP contribution in [0, 0.1) is 6.92 Å². The minimum Gasteiger partial charge on any atom is -0.468 e. The number of hydrogen-bond donors (Lipinski definition) is 0. The van der Waals surface area contributed by atoms with Gasteiger partial charge in [-0.2, -0.15) is 0 Å². The van der Waals surface area contributed by atoms with E-state index in [1.54, 1.807) is 5.56 Å². The van der Waals surface area contributed by atoms with Gasteiger partial charge in [0.25, 0.3) is 6.71 Å². The lowest BCUT2D eigenvalue weighted by Gasteiger charge is -2.52. The molecule has 2 bridgehead atoms. The molecule has 0 saturated heterocycles. The van der Waals surface area contributed by atoms with Crippen molar-refractivity contribution in [2.45, 2.75) is 238 Å². The van der Waals surface area contributed by atoms with Crippen molar-refractivity contribution in [1.29, 1.82) is 0 Å². The van der Waals surface area contributed by atoms with Crippen LogP contribution < -0.4 is 26.4 Å². The lowest BCUT2D eigenvalue weighted by molar-refractivity contribution is 0.188. The van der Waals surface area contributed by atoms with Crippen LogP contribution in [0.3, 0.4) is 0 Å². The fraction of sp³-hybridized carbons (Fsp3) is 0.493. The summed E-state index contributed by atoms with van der Waals surface area (Å²) in [7, 11) is 0. The second kappa shape index (κ2) is 15.9. The molecule has 15 rings (SSSR count). The third kappa shape index (κ3) is 7.22. The monoisotopic (exact) mass is 1040 g/mol. The molecule has 3 nitrogen and oxygen atoms in total. The zero-order valence-corrected chi connectivity index (χ0v) is 51.6. The Labute approximate surface area is 475 Å². The zero-order valence-electron chi connectivity index (χ0n) is 51.6. The van der Waals surface area contributed by atoms with Gasteiger partial charge < -0.3 is 14.2 Å². The number of aryl methyl sites for hydroxylation is 1. The highest BCUT2D eigenvalue weighted by Gasteiger charge is 2.53. The van der Waals surface area contributed by atoms with Crippen molar-refractivity contribution in [1.82, 2.24) is 0 Å². The largest absolute Gasteiger partial charge is 0.468 e. The fourth-order valence-electron chi connectivity index (χ4n) is 17.2. The molecule has 7 aromatic rings. The van der Waals surface area contributed by atoms with Crippen LogP contribution in [0.15, 0.2) is 95.4 Å². The van der Waals surface area contributed by atoms with Crippen LogP contribution in [0.5, 0.6) is 0 Å². The van der Waals surface area contributed by atoms with E-state index in [9.17, 15) is 0 Å². The van der Waals surface area contributed by atoms with Gasteiger partial charge in [0.05, 0.1) is 17.0 Å². The van der Waals surface area contributed by atoms with Crippen molar-refractivity contribution >= 4 is 68.4 Å². The second-order valence-electron chi connectivity index (χ2n) is 32.4. The molecule has 4 heteroatoms. The third-order valence-corrected chi connectivity index (χ3v) is 23.0. The summed E-state index contributed by atoms with van der Waals surface area (Å²) in [6, 6.07) is 38.1. The predicted octanol–water partition coefficient (Wildman–Crippen LogP) is 18.9. The molecule has 0 radical (unpaired) electrons. The van der Waals surface area contributed by atoms with Gasteiger partial charge in [0, 0.05) is 33.7 Å². The Kier molecular flexibility index (Phi) is 10.4. The van der Waals surface area contributed by atoms with E-state index in [2.05, 4.69) is 225 Å². The van der Waals surface area contributed by atoms with Gasteiger partial charge >= 0.3 is 0 Å². The highest BCUT2D eigenvalue weighted by molar-refractivity contribution is 7.00. The summed E-state index contributed by atoms with van der Waals surface area (Å²) in [6.45, 7) is 44.3. The van der Waals surface area contributed by atoms with E-state index in [-0.39, 0.29) is 55.4 Å². The van der Waals surface area contributed by atoms with Crippen molar-refractivity contribution in [3.8, 4) is 11.1 Å². The van der Waals surface area contributed by atoms with E-state index in [1.165, 1.54) is 157 Å². The molecule has 0 unspecified atom stereocenters. The third-order valence-electron chi connectivity index (χ3n) is 23.0. The summed E-state index contributed by atoms with van der Waals surface area (Å²) in [5, 5.41) is 1.26. The molecule has 79 heavy (non-hydrogen) atoms. The molecule has 3 heterocycles. The van der Waals surface area contributed by atoms with Crippen molar-refractivity contribution in [2.75, 3.05) is 9.80 Å². The number of anilines is 6. The molecule has 0 spiro atoms. The number of furan rings is 1. The number of hydrogen-bond acceptors (Lipinski definition) is 3. The van der Waals surface area contributed by atoms with E-state index in [4.69, 9.17) is 4.42 Å². The van der Waals surface area contributed by atoms with Crippen molar-refractivity contribution < 1.29 is 4.42 Å². The van der Waals surface area contributed by atoms with Crippen LogP contribution in [0.2, 0.25) is 0 Å². The summed E-state index contributed by atoms with van der Waals surface area (Å²) in [4.78, 5) is 5.49. The number of fused-ring (bicyclic) bond motifs is 11. The first kappa shape index (κ1) is 51.7. The second-order valence-corrected chi connectivity index (χ2v) is 32.4. The highest BCUT2D eigenvalue weighted by Crippen LogP contribution is 2.60. The Balaban J connectivity index is 1.13. The molecule has 2 aliphatic heterocycles. The Hall–Kier alpha value is -5.48. The lowest BCUT2D eigenvalue weighted by Crippen LogP contribution is -2.61. The number of rotatable bonds is 3. The molecule has 0 atom stereocenters. The summed E-state index contributed by atoms with van der Waals surface area (Å²) < 4.78 is 7.89. The van der Waals surface area contributed by atoms with E-state index < -0.39 is 0 Å². The molecule has 408 valence electrons. The fourth-order valence-corrected chi connectivity index (χ4v) is 17.2. The van der Waals surface area contributed by atoms with Crippen LogP contribution >= 0.6 is 0 Å². The Morgan fingerprint density at radius 2 is 0.949 bits per heavy atom. The lowest BCUT2D eigenvalue weighted by atomic mass is 9.35. The van der Waals surface area contributed by atoms with E-state index in [1.807, 2.05) is 0 Å². The molecule has 6 aliphatic carbocycles. The standard InChI is InChI=1S/C75H89BN2O/c1-44-37-59-64-60(38-44)78(57-26-25-50-63(73(15,16)32-31-69(50,7)8)62(57)45-19-21-46(22-20-45)67(2,3)4)58-42-53-52(71(11,12)29-30-72(53,13)14)41-56(58)76(64)66-65(77(59)47-23-24-49-51(39-47)70(9,10)28-27-68(49,5)6)48-40-54-55(43-61(48)79-66)75(18)35-33-74(54,17)34-36-75/h19-26,37-43H,27-36H2,1-18H3. The average molecular weight is 1050 g/mol. The first-order chi connectivity index (χ1) is 36.8. The maximum absolute atomic E-state index is 7.89. The first-order valence-electron chi connectivity index (χ1n) is 30.8. The Morgan fingerprint density at radius 1 is 0.443 bits per heavy atom. The number of nitrogens with zero attached hydrogens (tertiary/aromatic N) is 2. The van der Waals surface area contributed by atoms with Crippen molar-refractivity contribution in [3.05, 3.63) is 147 Å². The van der Waals surface area contributed by atoms with Crippen LogP contribution in [0.1, 0.15) is 238 Å². The van der Waals surface area contributed by atoms with Crippen molar-refractivity contribution in [3.63, 3.8) is 0 Å². The minimum atomic E-state index is -0.128. The zero-order chi connectivity index (χ0) is 55.9. The van der Waals surface area contributed by atoms with Gasteiger partial charge in [-0.05, 0) is 241 Å². The maximum atomic E-state index is 7.89. The van der Waals surface area contributed by atoms with Gasteiger partial charge in [0.2, 0.25) is 0 Å². The summed E-state index contributed by atoms with van der Waals surface area (Å²) in [6.07, 6.45) is 12.0. The Morgan fingerprint density at radius 3 is 1.54 bits per heavy atom. The van der Waals surface area contributed by atoms with Gasteiger partial charge in [0.15, 0.2) is 0 Å². The molecule has 6 aromatic carbocycles. The van der Waals surface area contributed by atoms with Crippen LogP contribution in [-0.2, 0) is 48.7 Å². The molecule has 0 N–H and O–H groups in total. The summed E-state index contributed by atoms with van der Waals surface area (Å²) in [5.41, 5.74) is 30.3. The molecule has 1 aromatic heterocycles. The average Bonchev–Trinajstić information content (AvgIpc) is 2.91. The maximum Gasteiger partial charge on any atom is 0.297 e. The molecular weight excluding hydrogens is 956 g/mol. The SMILES string of the molecule is Cc1cc2c3c(c1)N(c1ccc4c(c1)C(C)(C)CCC4(C)C)c1c(oc4cc5c(cc14)C1(C)CCC5(C)CC1)B3c1cc3c(cc1N2c1ccc2c(c1-c1ccc(C(C)(C)C)cc1)C(C)(C)CCC2(C)C)C(C)(C)CCC3(C)C. The van der Waals surface area contributed by atoms with E-state index in [0.29, 0.717) is 0 Å². The minimum absolute atomic E-state index is 0.00436. The van der Waals surface area contributed by atoms with Gasteiger partial charge in [-0.25, -0.2) is 0 Å². The van der Waals surface area contributed by atoms with Gasteiger partial charge in [-0.1, -0.05) is 160 Å². The summed E-state index contributed by atoms with van der Waals surface area (Å²) in [5.74, 6) is 0. The van der Waals surface area contributed by atoms with Gasteiger partial charge in [-0.3, -0.25) is 0 Å². The highest BCUT2D eigenvalue weighted by atomic mass is 16.3. The molecule has 8 aliphatic rings. The molecule has 0 amide bonds. The predicted molar refractivity (Wildman–Crippen MR) is 338 cm³/mol. The van der Waals surface area contributed by atoms with E-state index in [0.717, 1.165) is 30.5 Å². The van der Waals surface area contributed by atoms with Crippen molar-refractivity contribution in [2.24, 2.45) is 0 Å². The Bertz CT molecular complexity index is 3780. The van der Waals surface area contributed by atoms with Crippen LogP contribution in [0.25, 0.3) is 22.1 Å². The van der Waals surface area contributed by atoms with E-state index >= 15 is 0 Å². The molecule has 1 saturated carbocycles.